The maximum absolute atomic E-state index is 11.7. The van der Waals surface area contributed by atoms with E-state index in [2.05, 4.69) is 20.2 Å². The fourth-order valence-corrected chi connectivity index (χ4v) is 3.04. The lowest BCUT2D eigenvalue weighted by Crippen LogP contribution is -2.40. The number of anilines is 2. The van der Waals surface area contributed by atoms with Crippen LogP contribution in [0.15, 0.2) is 6.20 Å². The van der Waals surface area contributed by atoms with Gasteiger partial charge in [-0.1, -0.05) is 0 Å². The molecule has 2 aliphatic heterocycles. The summed E-state index contributed by atoms with van der Waals surface area (Å²) in [5.41, 5.74) is -0.453. The number of aromatic nitrogens is 2. The van der Waals surface area contributed by atoms with E-state index >= 15 is 0 Å². The molecule has 2 aliphatic rings. The van der Waals surface area contributed by atoms with Gasteiger partial charge >= 0.3 is 5.97 Å². The molecule has 8 nitrogen and oxygen atoms in total. The Hall–Kier alpha value is -1.93. The zero-order valence-corrected chi connectivity index (χ0v) is 14.8. The molecular weight excluding hydrogens is 324 g/mol. The van der Waals surface area contributed by atoms with Crippen molar-refractivity contribution in [3.63, 3.8) is 0 Å². The third-order valence-electron chi connectivity index (χ3n) is 4.80. The van der Waals surface area contributed by atoms with Crippen molar-refractivity contribution in [3.05, 3.63) is 11.8 Å². The maximum Gasteiger partial charge on any atom is 0.313 e. The van der Waals surface area contributed by atoms with Gasteiger partial charge in [-0.25, -0.2) is 4.98 Å². The van der Waals surface area contributed by atoms with Crippen molar-refractivity contribution in [1.29, 1.82) is 0 Å². The highest BCUT2D eigenvalue weighted by atomic mass is 16.5. The molecule has 0 aromatic carbocycles. The van der Waals surface area contributed by atoms with Crippen LogP contribution in [0.2, 0.25) is 0 Å². The van der Waals surface area contributed by atoms with Crippen LogP contribution in [0.3, 0.4) is 0 Å². The topological polar surface area (TPSA) is 96.8 Å². The van der Waals surface area contributed by atoms with Crippen LogP contribution in [0.1, 0.15) is 32.3 Å². The molecule has 8 heteroatoms. The summed E-state index contributed by atoms with van der Waals surface area (Å²) in [6, 6.07) is 0. The first-order valence-corrected chi connectivity index (χ1v) is 8.77. The van der Waals surface area contributed by atoms with Gasteiger partial charge in [0.25, 0.3) is 0 Å². The number of morpholine rings is 1. The minimum absolute atomic E-state index is 0.186. The maximum atomic E-state index is 11.7. The van der Waals surface area contributed by atoms with Crippen molar-refractivity contribution in [2.75, 3.05) is 49.7 Å². The van der Waals surface area contributed by atoms with E-state index in [1.807, 2.05) is 0 Å². The highest BCUT2D eigenvalue weighted by Crippen LogP contribution is 2.32. The van der Waals surface area contributed by atoms with Gasteiger partial charge in [0.05, 0.1) is 24.7 Å². The summed E-state index contributed by atoms with van der Waals surface area (Å²) in [5.74, 6) is 0.271. The summed E-state index contributed by atoms with van der Waals surface area (Å²) in [5, 5.41) is 12.8. The minimum Gasteiger partial charge on any atom is -0.481 e. The Morgan fingerprint density at radius 2 is 2.16 bits per heavy atom. The van der Waals surface area contributed by atoms with E-state index in [1.54, 1.807) is 20.0 Å². The summed E-state index contributed by atoms with van der Waals surface area (Å²) in [4.78, 5) is 22.8. The van der Waals surface area contributed by atoms with E-state index in [9.17, 15) is 9.90 Å². The van der Waals surface area contributed by atoms with Gasteiger partial charge in [-0.2, -0.15) is 4.98 Å². The first-order valence-electron chi connectivity index (χ1n) is 8.77. The molecule has 0 radical (unpaired) electrons. The van der Waals surface area contributed by atoms with E-state index < -0.39 is 11.4 Å². The molecule has 0 saturated carbocycles. The lowest BCUT2D eigenvalue weighted by molar-refractivity contribution is -0.142. The first kappa shape index (κ1) is 17.9. The van der Waals surface area contributed by atoms with Gasteiger partial charge in [-0.15, -0.1) is 0 Å². The lowest BCUT2D eigenvalue weighted by Gasteiger charge is -2.32. The molecule has 0 unspecified atom stereocenters. The summed E-state index contributed by atoms with van der Waals surface area (Å²) in [6.07, 6.45) is 3.93. The van der Waals surface area contributed by atoms with Crippen LogP contribution in [0.4, 0.5) is 11.8 Å². The molecule has 3 heterocycles. The Morgan fingerprint density at radius 3 is 2.80 bits per heavy atom. The fourth-order valence-electron chi connectivity index (χ4n) is 3.04. The fraction of sp³-hybridized carbons (Fsp3) is 0.706. The monoisotopic (exact) mass is 350 g/mol. The number of hydrogen-bond donors (Lipinski definition) is 2. The summed E-state index contributed by atoms with van der Waals surface area (Å²) in [6.45, 7) is 7.40. The standard InChI is InChI=1S/C17H26N4O4/c1-17(2,15(22)23)13-11-19-16(18-10-12-4-3-7-25-12)20-14(13)21-5-8-24-9-6-21/h11-12H,3-10H2,1-2H3,(H,22,23)(H,18,19,20)/t12-/m0/s1. The largest absolute Gasteiger partial charge is 0.481 e. The molecule has 0 amide bonds. The van der Waals surface area contributed by atoms with E-state index in [0.29, 0.717) is 50.2 Å². The number of aliphatic carboxylic acids is 1. The Bertz CT molecular complexity index is 611. The summed E-state index contributed by atoms with van der Waals surface area (Å²) in [7, 11) is 0. The van der Waals surface area contributed by atoms with Gasteiger partial charge in [-0.05, 0) is 26.7 Å². The number of hydrogen-bond acceptors (Lipinski definition) is 7. The van der Waals surface area contributed by atoms with Crippen LogP contribution < -0.4 is 10.2 Å². The number of nitrogens with zero attached hydrogens (tertiary/aromatic N) is 3. The Morgan fingerprint density at radius 1 is 1.40 bits per heavy atom. The molecule has 0 bridgehead atoms. The predicted molar refractivity (Wildman–Crippen MR) is 93.2 cm³/mol. The molecule has 1 atom stereocenters. The van der Waals surface area contributed by atoms with Crippen LogP contribution >= 0.6 is 0 Å². The van der Waals surface area contributed by atoms with E-state index in [1.165, 1.54) is 0 Å². The molecule has 2 saturated heterocycles. The Balaban J connectivity index is 1.85. The SMILES string of the molecule is CC(C)(C(=O)O)c1cnc(NC[C@@H]2CCCO2)nc1N1CCOCC1. The third kappa shape index (κ3) is 4.01. The van der Waals surface area contributed by atoms with Crippen molar-refractivity contribution in [1.82, 2.24) is 9.97 Å². The summed E-state index contributed by atoms with van der Waals surface area (Å²) < 4.78 is 11.0. The second-order valence-corrected chi connectivity index (χ2v) is 6.98. The molecule has 138 valence electrons. The predicted octanol–water partition coefficient (Wildman–Crippen LogP) is 1.27. The van der Waals surface area contributed by atoms with Gasteiger partial charge < -0.3 is 24.8 Å². The zero-order chi connectivity index (χ0) is 17.9. The van der Waals surface area contributed by atoms with Crippen LogP contribution in [-0.2, 0) is 19.7 Å². The van der Waals surface area contributed by atoms with Crippen LogP contribution in [0, 0.1) is 0 Å². The molecular formula is C17H26N4O4. The van der Waals surface area contributed by atoms with Crippen molar-refractivity contribution < 1.29 is 19.4 Å². The van der Waals surface area contributed by atoms with Gasteiger partial charge in [0.1, 0.15) is 5.82 Å². The van der Waals surface area contributed by atoms with Crippen LogP contribution in [0.5, 0.6) is 0 Å². The van der Waals surface area contributed by atoms with Gasteiger partial charge in [0.2, 0.25) is 5.95 Å². The molecule has 0 spiro atoms. The van der Waals surface area contributed by atoms with Crippen molar-refractivity contribution in [3.8, 4) is 0 Å². The molecule has 0 aliphatic carbocycles. The van der Waals surface area contributed by atoms with Crippen molar-refractivity contribution >= 4 is 17.7 Å². The number of ether oxygens (including phenoxy) is 2. The smallest absolute Gasteiger partial charge is 0.313 e. The molecule has 2 N–H and O–H groups in total. The number of nitrogens with one attached hydrogen (secondary N) is 1. The van der Waals surface area contributed by atoms with Gasteiger partial charge in [-0.3, -0.25) is 4.79 Å². The first-order chi connectivity index (χ1) is 12.0. The highest BCUT2D eigenvalue weighted by Gasteiger charge is 2.35. The molecule has 1 aromatic rings. The van der Waals surface area contributed by atoms with Crippen LogP contribution in [0.25, 0.3) is 0 Å². The Kier molecular flexibility index (Phi) is 5.39. The third-order valence-corrected chi connectivity index (χ3v) is 4.80. The minimum atomic E-state index is -1.07. The molecule has 2 fully saturated rings. The summed E-state index contributed by atoms with van der Waals surface area (Å²) >= 11 is 0. The number of carbonyl (C=O) groups is 1. The van der Waals surface area contributed by atoms with Gasteiger partial charge in [0.15, 0.2) is 0 Å². The number of carboxylic acids is 1. The zero-order valence-electron chi connectivity index (χ0n) is 14.8. The quantitative estimate of drug-likeness (QED) is 0.792. The second kappa shape index (κ2) is 7.53. The molecule has 25 heavy (non-hydrogen) atoms. The van der Waals surface area contributed by atoms with Crippen LogP contribution in [-0.4, -0.2) is 66.6 Å². The van der Waals surface area contributed by atoms with Crippen molar-refractivity contribution in [2.24, 2.45) is 0 Å². The molecule has 1 aromatic heterocycles. The average molecular weight is 350 g/mol. The average Bonchev–Trinajstić information content (AvgIpc) is 3.14. The van der Waals surface area contributed by atoms with E-state index in [0.717, 1.165) is 19.4 Å². The van der Waals surface area contributed by atoms with Crippen molar-refractivity contribution in [2.45, 2.75) is 38.2 Å². The van der Waals surface area contributed by atoms with E-state index in [-0.39, 0.29) is 6.10 Å². The van der Waals surface area contributed by atoms with E-state index in [4.69, 9.17) is 9.47 Å². The second-order valence-electron chi connectivity index (χ2n) is 6.98. The molecule has 3 rings (SSSR count). The normalized spacial score (nSPS) is 21.4. The number of carboxylic acid groups (broad SMARTS) is 1. The Labute approximate surface area is 147 Å². The highest BCUT2D eigenvalue weighted by molar-refractivity contribution is 5.82. The van der Waals surface area contributed by atoms with Gasteiger partial charge in [0, 0.05) is 38.0 Å². The number of rotatable bonds is 6. The lowest BCUT2D eigenvalue weighted by atomic mass is 9.85.